The number of rotatable bonds is 3. The smallest absolute Gasteiger partial charge is 0.00636 e. The third-order valence-electron chi connectivity index (χ3n) is 5.92. The highest BCUT2D eigenvalue weighted by molar-refractivity contribution is 4.98. The summed E-state index contributed by atoms with van der Waals surface area (Å²) in [5, 5.41) is 0. The van der Waals surface area contributed by atoms with Crippen LogP contribution in [-0.4, -0.2) is 25.0 Å². The summed E-state index contributed by atoms with van der Waals surface area (Å²) >= 11 is 0. The summed E-state index contributed by atoms with van der Waals surface area (Å²) < 4.78 is 0. The molecular weight excluding hydrogens is 194 g/mol. The van der Waals surface area contributed by atoms with Crippen molar-refractivity contribution in [3.63, 3.8) is 0 Å². The van der Waals surface area contributed by atoms with Gasteiger partial charge in [-0.05, 0) is 89.1 Å². The number of hydrogen-bond acceptors (Lipinski definition) is 1. The summed E-state index contributed by atoms with van der Waals surface area (Å²) in [7, 11) is 4.47. The van der Waals surface area contributed by atoms with E-state index in [1.54, 1.807) is 32.1 Å². The quantitative estimate of drug-likeness (QED) is 0.706. The van der Waals surface area contributed by atoms with Gasteiger partial charge in [0.1, 0.15) is 0 Å². The fraction of sp³-hybridized carbons (Fsp3) is 1.00. The van der Waals surface area contributed by atoms with Crippen LogP contribution in [0, 0.1) is 29.6 Å². The molecule has 1 nitrogen and oxygen atoms in total. The SMILES string of the molecule is CC(CC1C2CC3CC(C2)CC1C3)N(C)C. The molecule has 0 radical (unpaired) electrons. The molecule has 4 rings (SSSR count). The van der Waals surface area contributed by atoms with E-state index in [0.29, 0.717) is 0 Å². The molecule has 1 atom stereocenters. The van der Waals surface area contributed by atoms with Gasteiger partial charge < -0.3 is 4.90 Å². The van der Waals surface area contributed by atoms with Crippen molar-refractivity contribution in [1.82, 2.24) is 4.90 Å². The van der Waals surface area contributed by atoms with Crippen molar-refractivity contribution in [1.29, 1.82) is 0 Å². The molecule has 1 unspecified atom stereocenters. The van der Waals surface area contributed by atoms with Crippen molar-refractivity contribution in [2.45, 2.75) is 51.5 Å². The van der Waals surface area contributed by atoms with Crippen LogP contribution >= 0.6 is 0 Å². The molecule has 4 aliphatic rings. The fourth-order valence-corrected chi connectivity index (χ4v) is 5.03. The van der Waals surface area contributed by atoms with Gasteiger partial charge in [0.2, 0.25) is 0 Å². The van der Waals surface area contributed by atoms with E-state index in [4.69, 9.17) is 0 Å². The zero-order chi connectivity index (χ0) is 11.3. The van der Waals surface area contributed by atoms with E-state index in [0.717, 1.165) is 35.6 Å². The van der Waals surface area contributed by atoms with Crippen LogP contribution in [0.15, 0.2) is 0 Å². The van der Waals surface area contributed by atoms with E-state index in [-0.39, 0.29) is 0 Å². The van der Waals surface area contributed by atoms with E-state index in [2.05, 4.69) is 25.9 Å². The Kier molecular flexibility index (Phi) is 2.78. The van der Waals surface area contributed by atoms with Crippen LogP contribution in [0.1, 0.15) is 45.4 Å². The monoisotopic (exact) mass is 221 g/mol. The minimum absolute atomic E-state index is 0.780. The van der Waals surface area contributed by atoms with Gasteiger partial charge in [-0.2, -0.15) is 0 Å². The molecule has 0 aromatic rings. The maximum Gasteiger partial charge on any atom is 0.00636 e. The fourth-order valence-electron chi connectivity index (χ4n) is 5.03. The molecule has 4 bridgehead atoms. The normalized spacial score (nSPS) is 47.6. The van der Waals surface area contributed by atoms with E-state index in [1.165, 1.54) is 6.42 Å². The summed E-state index contributed by atoms with van der Waals surface area (Å²) in [4.78, 5) is 2.41. The summed E-state index contributed by atoms with van der Waals surface area (Å²) in [6.07, 6.45) is 9.37. The van der Waals surface area contributed by atoms with Crippen LogP contribution < -0.4 is 0 Å². The van der Waals surface area contributed by atoms with Crippen molar-refractivity contribution in [3.8, 4) is 0 Å². The first-order valence-electron chi connectivity index (χ1n) is 7.30. The Hall–Kier alpha value is -0.0400. The molecule has 0 aromatic heterocycles. The Morgan fingerprint density at radius 2 is 1.44 bits per heavy atom. The molecule has 0 heterocycles. The Bertz CT molecular complexity index is 230. The highest BCUT2D eigenvalue weighted by atomic mass is 15.1. The molecule has 0 aromatic carbocycles. The standard InChI is InChI=1S/C15H27N/c1-10(16(2)3)4-15-13-6-11-5-12(8-13)9-14(15)7-11/h10-15H,4-9H2,1-3H3. The predicted octanol–water partition coefficient (Wildman–Crippen LogP) is 3.40. The molecular formula is C15H27N. The van der Waals surface area contributed by atoms with Crippen molar-refractivity contribution in [2.24, 2.45) is 29.6 Å². The molecule has 4 fully saturated rings. The van der Waals surface area contributed by atoms with Crippen LogP contribution in [0.4, 0.5) is 0 Å². The van der Waals surface area contributed by atoms with Crippen LogP contribution in [0.2, 0.25) is 0 Å². The van der Waals surface area contributed by atoms with Crippen molar-refractivity contribution in [2.75, 3.05) is 14.1 Å². The van der Waals surface area contributed by atoms with Gasteiger partial charge in [0.05, 0.1) is 0 Å². The lowest BCUT2D eigenvalue weighted by molar-refractivity contribution is -0.0463. The summed E-state index contributed by atoms with van der Waals surface area (Å²) in [6, 6.07) is 0.780. The Morgan fingerprint density at radius 1 is 0.938 bits per heavy atom. The van der Waals surface area contributed by atoms with Crippen LogP contribution in [0.25, 0.3) is 0 Å². The van der Waals surface area contributed by atoms with E-state index >= 15 is 0 Å². The number of nitrogens with zero attached hydrogens (tertiary/aromatic N) is 1. The molecule has 16 heavy (non-hydrogen) atoms. The molecule has 92 valence electrons. The minimum atomic E-state index is 0.780. The van der Waals surface area contributed by atoms with Crippen molar-refractivity contribution >= 4 is 0 Å². The zero-order valence-electron chi connectivity index (χ0n) is 11.2. The third kappa shape index (κ3) is 1.81. The largest absolute Gasteiger partial charge is 0.307 e. The van der Waals surface area contributed by atoms with Crippen LogP contribution in [0.3, 0.4) is 0 Å². The molecule has 0 saturated heterocycles. The molecule has 0 spiro atoms. The Labute approximate surface area is 101 Å². The topological polar surface area (TPSA) is 3.24 Å². The summed E-state index contributed by atoms with van der Waals surface area (Å²) in [6.45, 7) is 2.41. The molecule has 0 amide bonds. The van der Waals surface area contributed by atoms with Gasteiger partial charge in [-0.25, -0.2) is 0 Å². The van der Waals surface area contributed by atoms with Gasteiger partial charge >= 0.3 is 0 Å². The molecule has 4 saturated carbocycles. The average molecular weight is 221 g/mol. The maximum absolute atomic E-state index is 2.41. The zero-order valence-corrected chi connectivity index (χ0v) is 11.2. The second kappa shape index (κ2) is 4.01. The van der Waals surface area contributed by atoms with Crippen LogP contribution in [0.5, 0.6) is 0 Å². The summed E-state index contributed by atoms with van der Waals surface area (Å²) in [5.74, 6) is 5.56. The van der Waals surface area contributed by atoms with Gasteiger partial charge in [0, 0.05) is 6.04 Å². The van der Waals surface area contributed by atoms with Gasteiger partial charge in [0.15, 0.2) is 0 Å². The lowest BCUT2D eigenvalue weighted by Gasteiger charge is -2.55. The predicted molar refractivity (Wildman–Crippen MR) is 68.3 cm³/mol. The highest BCUT2D eigenvalue weighted by Crippen LogP contribution is 2.57. The average Bonchev–Trinajstić information content (AvgIpc) is 2.21. The first-order chi connectivity index (χ1) is 7.63. The second-order valence-corrected chi connectivity index (χ2v) is 7.14. The van der Waals surface area contributed by atoms with E-state index in [1.807, 2.05) is 0 Å². The lowest BCUT2D eigenvalue weighted by atomic mass is 9.51. The Morgan fingerprint density at radius 3 is 1.88 bits per heavy atom. The lowest BCUT2D eigenvalue weighted by Crippen LogP contribution is -2.46. The third-order valence-corrected chi connectivity index (χ3v) is 5.92. The Balaban J connectivity index is 1.67. The first kappa shape index (κ1) is 11.1. The van der Waals surface area contributed by atoms with Gasteiger partial charge in [-0.3, -0.25) is 0 Å². The van der Waals surface area contributed by atoms with Gasteiger partial charge in [-0.15, -0.1) is 0 Å². The van der Waals surface area contributed by atoms with Crippen molar-refractivity contribution < 1.29 is 0 Å². The number of hydrogen-bond donors (Lipinski definition) is 0. The second-order valence-electron chi connectivity index (χ2n) is 7.14. The van der Waals surface area contributed by atoms with Gasteiger partial charge in [0.25, 0.3) is 0 Å². The van der Waals surface area contributed by atoms with Crippen LogP contribution in [-0.2, 0) is 0 Å². The van der Waals surface area contributed by atoms with Gasteiger partial charge in [-0.1, -0.05) is 0 Å². The molecule has 0 N–H and O–H groups in total. The van der Waals surface area contributed by atoms with Crippen molar-refractivity contribution in [3.05, 3.63) is 0 Å². The maximum atomic E-state index is 2.41. The first-order valence-corrected chi connectivity index (χ1v) is 7.30. The van der Waals surface area contributed by atoms with E-state index in [9.17, 15) is 0 Å². The molecule has 1 heteroatoms. The molecule has 0 aliphatic heterocycles. The van der Waals surface area contributed by atoms with E-state index < -0.39 is 0 Å². The minimum Gasteiger partial charge on any atom is -0.307 e. The highest BCUT2D eigenvalue weighted by Gasteiger charge is 2.48. The summed E-state index contributed by atoms with van der Waals surface area (Å²) in [5.41, 5.74) is 0. The molecule has 4 aliphatic carbocycles.